The Labute approximate surface area is 152 Å². The van der Waals surface area contributed by atoms with Gasteiger partial charge in [-0.25, -0.2) is 4.98 Å². The van der Waals surface area contributed by atoms with Crippen molar-refractivity contribution in [2.24, 2.45) is 4.99 Å². The van der Waals surface area contributed by atoms with E-state index >= 15 is 0 Å². The molecule has 0 aliphatic carbocycles. The molecule has 1 aliphatic rings. The molecule has 0 bridgehead atoms. The van der Waals surface area contributed by atoms with Gasteiger partial charge in [0, 0.05) is 55.5 Å². The van der Waals surface area contributed by atoms with Crippen LogP contribution in [0, 0.1) is 6.92 Å². The molecule has 2 heterocycles. The summed E-state index contributed by atoms with van der Waals surface area (Å²) < 4.78 is 0. The molecule has 1 aromatic heterocycles. The van der Waals surface area contributed by atoms with Gasteiger partial charge in [0.25, 0.3) is 0 Å². The molecule has 0 unspecified atom stereocenters. The van der Waals surface area contributed by atoms with E-state index in [1.54, 1.807) is 11.3 Å². The first-order chi connectivity index (χ1) is 11.7. The molecule has 0 atom stereocenters. The first-order valence-electron chi connectivity index (χ1n) is 8.02. The molecule has 0 saturated carbocycles. The summed E-state index contributed by atoms with van der Waals surface area (Å²) in [4.78, 5) is 13.4. The Morgan fingerprint density at radius 1 is 1.33 bits per heavy atom. The molecule has 24 heavy (non-hydrogen) atoms. The average molecular weight is 364 g/mol. The fourth-order valence-electron chi connectivity index (χ4n) is 2.91. The lowest BCUT2D eigenvalue weighted by molar-refractivity contribution is 0.372. The zero-order valence-electron chi connectivity index (χ0n) is 14.0. The number of nitrogens with zero attached hydrogens (tertiary/aromatic N) is 4. The number of hydrogen-bond acceptors (Lipinski definition) is 4. The molecule has 7 heteroatoms. The molecule has 0 spiro atoms. The van der Waals surface area contributed by atoms with Crippen molar-refractivity contribution in [1.29, 1.82) is 0 Å². The second-order valence-electron chi connectivity index (χ2n) is 5.73. The normalized spacial score (nSPS) is 15.7. The fraction of sp³-hybridized carbons (Fsp3) is 0.412. The molecule has 2 aromatic rings. The Kier molecular flexibility index (Phi) is 5.58. The molecule has 5 nitrogen and oxygen atoms in total. The molecular weight excluding hydrogens is 342 g/mol. The Morgan fingerprint density at radius 2 is 2.12 bits per heavy atom. The highest BCUT2D eigenvalue weighted by atomic mass is 35.5. The summed E-state index contributed by atoms with van der Waals surface area (Å²) in [6.07, 6.45) is 1.83. The number of anilines is 1. The predicted molar refractivity (Wildman–Crippen MR) is 102 cm³/mol. The van der Waals surface area contributed by atoms with E-state index in [9.17, 15) is 0 Å². The van der Waals surface area contributed by atoms with Crippen molar-refractivity contribution in [3.8, 4) is 0 Å². The molecule has 1 aliphatic heterocycles. The van der Waals surface area contributed by atoms with E-state index < -0.39 is 0 Å². The lowest BCUT2D eigenvalue weighted by atomic mass is 10.1. The molecule has 1 N–H and O–H groups in total. The van der Waals surface area contributed by atoms with Gasteiger partial charge in [0.2, 0.25) is 0 Å². The third-order valence-corrected chi connectivity index (χ3v) is 5.20. The lowest BCUT2D eigenvalue weighted by Gasteiger charge is -2.38. The number of aromatic nitrogens is 1. The zero-order chi connectivity index (χ0) is 16.9. The van der Waals surface area contributed by atoms with Gasteiger partial charge in [0.15, 0.2) is 5.96 Å². The topological polar surface area (TPSA) is 43.8 Å². The van der Waals surface area contributed by atoms with Crippen molar-refractivity contribution < 1.29 is 0 Å². The minimum atomic E-state index is 0.720. The van der Waals surface area contributed by atoms with Crippen LogP contribution in [-0.2, 0) is 6.54 Å². The summed E-state index contributed by atoms with van der Waals surface area (Å²) in [6, 6.07) is 6.08. The third kappa shape index (κ3) is 3.99. The van der Waals surface area contributed by atoms with Gasteiger partial charge in [-0.3, -0.25) is 4.99 Å². The number of halogens is 1. The fourth-order valence-corrected chi connectivity index (χ4v) is 3.63. The number of piperazine rings is 1. The van der Waals surface area contributed by atoms with E-state index in [1.165, 1.54) is 11.3 Å². The van der Waals surface area contributed by atoms with Crippen LogP contribution in [0.3, 0.4) is 0 Å². The summed E-state index contributed by atoms with van der Waals surface area (Å²) in [5, 5.41) is 7.26. The van der Waals surface area contributed by atoms with Crippen LogP contribution in [-0.4, -0.2) is 49.1 Å². The number of nitrogens with one attached hydrogen (secondary N) is 1. The summed E-state index contributed by atoms with van der Waals surface area (Å²) in [5.74, 6) is 0.938. The highest BCUT2D eigenvalue weighted by Crippen LogP contribution is 2.25. The van der Waals surface area contributed by atoms with Gasteiger partial charge in [-0.15, -0.1) is 11.3 Å². The Hall–Kier alpha value is -1.79. The van der Waals surface area contributed by atoms with Gasteiger partial charge in [0.1, 0.15) is 5.01 Å². The summed E-state index contributed by atoms with van der Waals surface area (Å²) >= 11 is 7.81. The van der Waals surface area contributed by atoms with Gasteiger partial charge >= 0.3 is 0 Å². The van der Waals surface area contributed by atoms with Crippen LogP contribution in [0.15, 0.2) is 34.8 Å². The molecule has 128 valence electrons. The lowest BCUT2D eigenvalue weighted by Crippen LogP contribution is -2.52. The van der Waals surface area contributed by atoms with Crippen molar-refractivity contribution in [1.82, 2.24) is 15.2 Å². The van der Waals surface area contributed by atoms with Gasteiger partial charge in [0.05, 0.1) is 6.54 Å². The first-order valence-corrected chi connectivity index (χ1v) is 9.28. The summed E-state index contributed by atoms with van der Waals surface area (Å²) in [5.41, 5.74) is 2.49. The maximum atomic E-state index is 6.16. The number of rotatable bonds is 3. The van der Waals surface area contributed by atoms with Crippen LogP contribution >= 0.6 is 22.9 Å². The number of aryl methyl sites for hydroxylation is 1. The van der Waals surface area contributed by atoms with Crippen molar-refractivity contribution in [3.05, 3.63) is 45.4 Å². The number of hydrogen-bond donors (Lipinski definition) is 1. The summed E-state index contributed by atoms with van der Waals surface area (Å²) in [6.45, 7) is 6.63. The highest BCUT2D eigenvalue weighted by molar-refractivity contribution is 7.09. The van der Waals surface area contributed by atoms with E-state index in [0.29, 0.717) is 0 Å². The van der Waals surface area contributed by atoms with E-state index in [2.05, 4.69) is 44.1 Å². The second kappa shape index (κ2) is 7.85. The van der Waals surface area contributed by atoms with E-state index in [4.69, 9.17) is 11.6 Å². The number of guanidine groups is 1. The monoisotopic (exact) mass is 363 g/mol. The zero-order valence-corrected chi connectivity index (χ0v) is 15.6. The number of aliphatic imine (C=N–C) groups is 1. The van der Waals surface area contributed by atoms with E-state index in [0.717, 1.165) is 48.7 Å². The Bertz CT molecular complexity index is 693. The maximum absolute atomic E-state index is 6.16. The van der Waals surface area contributed by atoms with Gasteiger partial charge in [-0.1, -0.05) is 17.7 Å². The smallest absolute Gasteiger partial charge is 0.194 e. The minimum absolute atomic E-state index is 0.720. The minimum Gasteiger partial charge on any atom is -0.368 e. The van der Waals surface area contributed by atoms with Crippen LogP contribution in [0.4, 0.5) is 5.69 Å². The van der Waals surface area contributed by atoms with Crippen molar-refractivity contribution in [3.63, 3.8) is 0 Å². The van der Waals surface area contributed by atoms with Crippen molar-refractivity contribution >= 4 is 34.6 Å². The first kappa shape index (κ1) is 17.0. The van der Waals surface area contributed by atoms with Crippen molar-refractivity contribution in [2.45, 2.75) is 13.5 Å². The Balaban J connectivity index is 1.58. The maximum Gasteiger partial charge on any atom is 0.194 e. The molecule has 1 aromatic carbocycles. The van der Waals surface area contributed by atoms with Gasteiger partial charge in [-0.05, 0) is 24.6 Å². The number of thiazole rings is 1. The van der Waals surface area contributed by atoms with Gasteiger partial charge < -0.3 is 15.1 Å². The van der Waals surface area contributed by atoms with Crippen LogP contribution in [0.1, 0.15) is 10.6 Å². The van der Waals surface area contributed by atoms with Crippen LogP contribution in [0.25, 0.3) is 0 Å². The molecule has 3 rings (SSSR count). The van der Waals surface area contributed by atoms with Crippen LogP contribution < -0.4 is 10.2 Å². The standard InChI is InChI=1S/C17H22ClN5S/c1-13-3-4-14(18)11-15(13)22-6-8-23(9-7-22)17(19-2)21-12-16-20-5-10-24-16/h3-5,10-11H,6-9,12H2,1-2H3,(H,19,21). The summed E-state index contributed by atoms with van der Waals surface area (Å²) in [7, 11) is 1.83. The van der Waals surface area contributed by atoms with E-state index in [1.807, 2.05) is 24.7 Å². The molecule has 1 saturated heterocycles. The van der Waals surface area contributed by atoms with E-state index in [-0.39, 0.29) is 0 Å². The highest BCUT2D eigenvalue weighted by Gasteiger charge is 2.21. The molecule has 0 amide bonds. The average Bonchev–Trinajstić information content (AvgIpc) is 3.12. The van der Waals surface area contributed by atoms with Crippen molar-refractivity contribution in [2.75, 3.05) is 38.1 Å². The van der Waals surface area contributed by atoms with Crippen LogP contribution in [0.2, 0.25) is 5.02 Å². The molecule has 1 fully saturated rings. The second-order valence-corrected chi connectivity index (χ2v) is 7.15. The Morgan fingerprint density at radius 3 is 2.79 bits per heavy atom. The van der Waals surface area contributed by atoms with Gasteiger partial charge in [-0.2, -0.15) is 0 Å². The molecular formula is C17H22ClN5S. The largest absolute Gasteiger partial charge is 0.368 e. The SMILES string of the molecule is CN=C(NCc1nccs1)N1CCN(c2cc(Cl)ccc2C)CC1. The predicted octanol–water partition coefficient (Wildman–Crippen LogP) is 3.00. The quantitative estimate of drug-likeness (QED) is 0.672. The molecule has 0 radical (unpaired) electrons. The third-order valence-electron chi connectivity index (χ3n) is 4.18. The number of benzene rings is 1. The van der Waals surface area contributed by atoms with Crippen LogP contribution in [0.5, 0.6) is 0 Å².